The van der Waals surface area contributed by atoms with Gasteiger partial charge in [0.15, 0.2) is 0 Å². The van der Waals surface area contributed by atoms with Crippen molar-refractivity contribution in [2.24, 2.45) is 7.05 Å². The molecule has 3 rings (SSSR count). The monoisotopic (exact) mass is 350 g/mol. The van der Waals surface area contributed by atoms with Gasteiger partial charge >= 0.3 is 0 Å². The Balaban J connectivity index is 1.82. The molecule has 0 unspecified atom stereocenters. The number of nitrogens with one attached hydrogen (secondary N) is 3. The van der Waals surface area contributed by atoms with Crippen LogP contribution >= 0.6 is 0 Å². The van der Waals surface area contributed by atoms with Gasteiger partial charge in [0.1, 0.15) is 5.69 Å². The Morgan fingerprint density at radius 3 is 2.15 bits per heavy atom. The lowest BCUT2D eigenvalue weighted by molar-refractivity contribution is -0.114. The van der Waals surface area contributed by atoms with Gasteiger partial charge < -0.3 is 20.5 Å². The molecule has 3 aromatic rings. The summed E-state index contributed by atoms with van der Waals surface area (Å²) in [6, 6.07) is 14.1. The van der Waals surface area contributed by atoms with Gasteiger partial charge in [-0.05, 0) is 48.5 Å². The van der Waals surface area contributed by atoms with Crippen LogP contribution in [-0.4, -0.2) is 22.8 Å². The average Bonchev–Trinajstić information content (AvgIpc) is 2.93. The summed E-state index contributed by atoms with van der Waals surface area (Å²) in [5.41, 5.74) is 3.33. The first kappa shape index (κ1) is 17.2. The van der Waals surface area contributed by atoms with Crippen LogP contribution in [0.2, 0.25) is 0 Å². The topological polar surface area (TPSA) is 92.2 Å². The van der Waals surface area contributed by atoms with Gasteiger partial charge in [0.2, 0.25) is 12.3 Å². The number of hydrogen-bond donors (Lipinski definition) is 3. The molecule has 0 spiro atoms. The maximum Gasteiger partial charge on any atom is 0.272 e. The summed E-state index contributed by atoms with van der Waals surface area (Å²) >= 11 is 0. The van der Waals surface area contributed by atoms with E-state index in [4.69, 9.17) is 0 Å². The SMILES string of the molecule is CC(=O)Nc1ccc(NC(=O)c2cc3cc(NC=O)ccc3n2C)cc1. The fourth-order valence-electron chi connectivity index (χ4n) is 2.76. The smallest absolute Gasteiger partial charge is 0.272 e. The number of benzene rings is 2. The summed E-state index contributed by atoms with van der Waals surface area (Å²) in [5, 5.41) is 8.96. The van der Waals surface area contributed by atoms with Crippen molar-refractivity contribution in [2.75, 3.05) is 16.0 Å². The molecule has 1 aromatic heterocycles. The number of amides is 3. The van der Waals surface area contributed by atoms with Crippen molar-refractivity contribution in [1.29, 1.82) is 0 Å². The van der Waals surface area contributed by atoms with Crippen molar-refractivity contribution in [3.05, 3.63) is 54.2 Å². The van der Waals surface area contributed by atoms with Crippen molar-refractivity contribution in [1.82, 2.24) is 4.57 Å². The summed E-state index contributed by atoms with van der Waals surface area (Å²) in [6.07, 6.45) is 0.613. The van der Waals surface area contributed by atoms with E-state index in [0.717, 1.165) is 10.9 Å². The third-order valence-electron chi connectivity index (χ3n) is 3.96. The molecule has 0 aliphatic heterocycles. The third-order valence-corrected chi connectivity index (χ3v) is 3.96. The zero-order valence-electron chi connectivity index (χ0n) is 14.4. The summed E-state index contributed by atoms with van der Waals surface area (Å²) in [4.78, 5) is 34.2. The molecule has 132 valence electrons. The Hall–Kier alpha value is -3.61. The molecule has 0 saturated heterocycles. The Morgan fingerprint density at radius 1 is 0.923 bits per heavy atom. The van der Waals surface area contributed by atoms with E-state index in [1.54, 1.807) is 41.0 Å². The highest BCUT2D eigenvalue weighted by molar-refractivity contribution is 6.06. The minimum atomic E-state index is -0.249. The van der Waals surface area contributed by atoms with Gasteiger partial charge in [0.25, 0.3) is 5.91 Å². The zero-order chi connectivity index (χ0) is 18.7. The molecule has 0 aliphatic carbocycles. The largest absolute Gasteiger partial charge is 0.340 e. The molecule has 7 nitrogen and oxygen atoms in total. The minimum absolute atomic E-state index is 0.152. The van der Waals surface area contributed by atoms with Crippen molar-refractivity contribution in [3.63, 3.8) is 0 Å². The fourth-order valence-corrected chi connectivity index (χ4v) is 2.76. The summed E-state index contributed by atoms with van der Waals surface area (Å²) < 4.78 is 1.79. The maximum absolute atomic E-state index is 12.6. The Kier molecular flexibility index (Phi) is 4.70. The molecule has 0 fully saturated rings. The minimum Gasteiger partial charge on any atom is -0.340 e. The fraction of sp³-hybridized carbons (Fsp3) is 0.105. The highest BCUT2D eigenvalue weighted by Crippen LogP contribution is 2.23. The zero-order valence-corrected chi connectivity index (χ0v) is 14.4. The van der Waals surface area contributed by atoms with Crippen LogP contribution in [0.1, 0.15) is 17.4 Å². The van der Waals surface area contributed by atoms with E-state index in [1.807, 2.05) is 19.2 Å². The van der Waals surface area contributed by atoms with E-state index < -0.39 is 0 Å². The van der Waals surface area contributed by atoms with Gasteiger partial charge in [-0.25, -0.2) is 0 Å². The van der Waals surface area contributed by atoms with E-state index in [9.17, 15) is 14.4 Å². The van der Waals surface area contributed by atoms with Crippen molar-refractivity contribution in [3.8, 4) is 0 Å². The molecule has 2 aromatic carbocycles. The second kappa shape index (κ2) is 7.10. The number of aryl methyl sites for hydroxylation is 1. The number of hydrogen-bond acceptors (Lipinski definition) is 3. The normalized spacial score (nSPS) is 10.4. The standard InChI is InChI=1S/C19H18N4O3/c1-12(25)21-14-3-5-15(6-4-14)22-19(26)18-10-13-9-16(20-11-24)7-8-17(13)23(18)2/h3-11H,1-2H3,(H,20,24)(H,21,25)(H,22,26). The van der Waals surface area contributed by atoms with E-state index >= 15 is 0 Å². The summed E-state index contributed by atoms with van der Waals surface area (Å²) in [7, 11) is 1.81. The summed E-state index contributed by atoms with van der Waals surface area (Å²) in [5.74, 6) is -0.401. The Morgan fingerprint density at radius 2 is 1.54 bits per heavy atom. The predicted molar refractivity (Wildman–Crippen MR) is 101 cm³/mol. The van der Waals surface area contributed by atoms with Crippen LogP contribution in [-0.2, 0) is 16.6 Å². The summed E-state index contributed by atoms with van der Waals surface area (Å²) in [6.45, 7) is 1.44. The van der Waals surface area contributed by atoms with Crippen LogP contribution in [0.5, 0.6) is 0 Å². The molecule has 0 aliphatic rings. The van der Waals surface area contributed by atoms with Crippen LogP contribution in [0.25, 0.3) is 10.9 Å². The second-order valence-electron chi connectivity index (χ2n) is 5.84. The molecular weight excluding hydrogens is 332 g/mol. The number of fused-ring (bicyclic) bond motifs is 1. The van der Waals surface area contributed by atoms with Crippen LogP contribution in [0, 0.1) is 0 Å². The van der Waals surface area contributed by atoms with Gasteiger partial charge in [-0.15, -0.1) is 0 Å². The quantitative estimate of drug-likeness (QED) is 0.618. The molecule has 7 heteroatoms. The number of anilines is 3. The van der Waals surface area contributed by atoms with Crippen LogP contribution in [0.3, 0.4) is 0 Å². The molecule has 0 atom stereocenters. The van der Waals surface area contributed by atoms with Gasteiger partial charge in [-0.3, -0.25) is 14.4 Å². The van der Waals surface area contributed by atoms with E-state index in [1.165, 1.54) is 6.92 Å². The first-order chi connectivity index (χ1) is 12.5. The van der Waals surface area contributed by atoms with Crippen LogP contribution in [0.4, 0.5) is 17.1 Å². The maximum atomic E-state index is 12.6. The average molecular weight is 350 g/mol. The first-order valence-corrected chi connectivity index (χ1v) is 7.96. The highest BCUT2D eigenvalue weighted by Gasteiger charge is 2.14. The molecule has 0 radical (unpaired) electrons. The Bertz CT molecular complexity index is 990. The number of aromatic nitrogens is 1. The molecule has 26 heavy (non-hydrogen) atoms. The lowest BCUT2D eigenvalue weighted by Gasteiger charge is -2.08. The van der Waals surface area contributed by atoms with Crippen molar-refractivity contribution >= 4 is 46.2 Å². The van der Waals surface area contributed by atoms with Gasteiger partial charge in [-0.2, -0.15) is 0 Å². The second-order valence-corrected chi connectivity index (χ2v) is 5.84. The van der Waals surface area contributed by atoms with Gasteiger partial charge in [0, 0.05) is 41.9 Å². The van der Waals surface area contributed by atoms with Crippen molar-refractivity contribution in [2.45, 2.75) is 6.92 Å². The molecule has 0 saturated carbocycles. The lowest BCUT2D eigenvalue weighted by Crippen LogP contribution is -2.15. The molecular formula is C19H18N4O3. The number of carbonyl (C=O) groups excluding carboxylic acids is 3. The molecule has 1 heterocycles. The number of nitrogens with zero attached hydrogens (tertiary/aromatic N) is 1. The molecule has 3 amide bonds. The molecule has 0 bridgehead atoms. The van der Waals surface area contributed by atoms with E-state index in [-0.39, 0.29) is 11.8 Å². The van der Waals surface area contributed by atoms with Crippen LogP contribution < -0.4 is 16.0 Å². The van der Waals surface area contributed by atoms with E-state index in [2.05, 4.69) is 16.0 Å². The Labute approximate surface area is 150 Å². The predicted octanol–water partition coefficient (Wildman–Crippen LogP) is 2.96. The van der Waals surface area contributed by atoms with Gasteiger partial charge in [0.05, 0.1) is 0 Å². The first-order valence-electron chi connectivity index (χ1n) is 7.96. The van der Waals surface area contributed by atoms with Gasteiger partial charge in [-0.1, -0.05) is 0 Å². The number of carbonyl (C=O) groups is 3. The van der Waals surface area contributed by atoms with E-state index in [0.29, 0.717) is 29.2 Å². The highest BCUT2D eigenvalue weighted by atomic mass is 16.2. The third kappa shape index (κ3) is 3.56. The molecule has 3 N–H and O–H groups in total. The van der Waals surface area contributed by atoms with Crippen LogP contribution in [0.15, 0.2) is 48.5 Å². The van der Waals surface area contributed by atoms with Crippen molar-refractivity contribution < 1.29 is 14.4 Å². The number of rotatable bonds is 5. The lowest BCUT2D eigenvalue weighted by atomic mass is 10.2.